The van der Waals surface area contributed by atoms with Gasteiger partial charge in [0.1, 0.15) is 5.75 Å². The number of nitrogens with two attached hydrogens (primary N) is 1. The zero-order chi connectivity index (χ0) is 15.5. The molecule has 0 aliphatic rings. The van der Waals surface area contributed by atoms with Gasteiger partial charge in [0.2, 0.25) is 5.96 Å². The fourth-order valence-corrected chi connectivity index (χ4v) is 1.89. The van der Waals surface area contributed by atoms with Crippen molar-refractivity contribution in [1.29, 1.82) is 0 Å². The van der Waals surface area contributed by atoms with E-state index in [9.17, 15) is 0 Å². The van der Waals surface area contributed by atoms with Gasteiger partial charge in [-0.15, -0.1) is 0 Å². The number of hydrazine groups is 1. The first kappa shape index (κ1) is 17.3. The van der Waals surface area contributed by atoms with E-state index in [0.717, 1.165) is 30.9 Å². The van der Waals surface area contributed by atoms with Crippen molar-refractivity contribution in [3.05, 3.63) is 29.8 Å². The van der Waals surface area contributed by atoms with Gasteiger partial charge in [0, 0.05) is 33.4 Å². The highest BCUT2D eigenvalue weighted by Gasteiger charge is 2.06. The number of guanidine groups is 1. The molecule has 0 spiro atoms. The van der Waals surface area contributed by atoms with Crippen molar-refractivity contribution in [2.24, 2.45) is 10.8 Å². The maximum atomic E-state index is 5.55. The van der Waals surface area contributed by atoms with Gasteiger partial charge in [-0.3, -0.25) is 10.4 Å². The molecule has 0 amide bonds. The molecule has 0 bridgehead atoms. The summed E-state index contributed by atoms with van der Waals surface area (Å²) >= 11 is 0. The van der Waals surface area contributed by atoms with Crippen molar-refractivity contribution in [2.75, 3.05) is 33.9 Å². The van der Waals surface area contributed by atoms with Crippen LogP contribution < -0.4 is 16.0 Å². The summed E-state index contributed by atoms with van der Waals surface area (Å²) in [6.45, 7) is 4.82. The summed E-state index contributed by atoms with van der Waals surface area (Å²) in [5, 5.41) is 0. The maximum Gasteiger partial charge on any atom is 0.208 e. The highest BCUT2D eigenvalue weighted by atomic mass is 16.5. The summed E-state index contributed by atoms with van der Waals surface area (Å²) in [4.78, 5) is 6.42. The molecule has 3 N–H and O–H groups in total. The number of aliphatic imine (C=N–C) groups is 1. The van der Waals surface area contributed by atoms with Crippen molar-refractivity contribution in [3.63, 3.8) is 0 Å². The predicted molar refractivity (Wildman–Crippen MR) is 85.2 cm³/mol. The van der Waals surface area contributed by atoms with Crippen LogP contribution >= 0.6 is 0 Å². The van der Waals surface area contributed by atoms with E-state index in [1.807, 2.05) is 43.1 Å². The molecule has 6 nitrogen and oxygen atoms in total. The van der Waals surface area contributed by atoms with Crippen LogP contribution in [0.4, 0.5) is 0 Å². The topological polar surface area (TPSA) is 72.1 Å². The Morgan fingerprint density at radius 3 is 2.90 bits per heavy atom. The Labute approximate surface area is 126 Å². The van der Waals surface area contributed by atoms with Crippen LogP contribution in [0.15, 0.2) is 29.3 Å². The molecule has 21 heavy (non-hydrogen) atoms. The molecule has 1 aromatic carbocycles. The lowest BCUT2D eigenvalue weighted by atomic mass is 10.2. The normalized spacial score (nSPS) is 11.3. The first-order valence-electron chi connectivity index (χ1n) is 7.14. The van der Waals surface area contributed by atoms with E-state index in [1.165, 1.54) is 0 Å². The number of hydrogen-bond acceptors (Lipinski definition) is 4. The minimum Gasteiger partial charge on any atom is -0.497 e. The van der Waals surface area contributed by atoms with E-state index in [0.29, 0.717) is 19.0 Å². The Morgan fingerprint density at radius 2 is 2.24 bits per heavy atom. The van der Waals surface area contributed by atoms with Crippen molar-refractivity contribution in [2.45, 2.75) is 19.9 Å². The molecule has 6 heteroatoms. The summed E-state index contributed by atoms with van der Waals surface area (Å²) < 4.78 is 10.5. The zero-order valence-corrected chi connectivity index (χ0v) is 13.1. The summed E-state index contributed by atoms with van der Waals surface area (Å²) in [7, 11) is 3.61. The molecule has 0 aliphatic carbocycles. The molecule has 0 heterocycles. The van der Waals surface area contributed by atoms with E-state index in [-0.39, 0.29) is 0 Å². The molecule has 0 aromatic heterocycles. The number of hydrogen-bond donors (Lipinski definition) is 2. The summed E-state index contributed by atoms with van der Waals surface area (Å²) in [5.74, 6) is 7.05. The minimum absolute atomic E-state index is 0.661. The van der Waals surface area contributed by atoms with E-state index in [4.69, 9.17) is 15.3 Å². The molecule has 118 valence electrons. The van der Waals surface area contributed by atoms with Crippen molar-refractivity contribution in [1.82, 2.24) is 10.3 Å². The van der Waals surface area contributed by atoms with Crippen LogP contribution in [0.5, 0.6) is 5.75 Å². The maximum absolute atomic E-state index is 5.55. The number of nitrogens with one attached hydrogen (secondary N) is 1. The Morgan fingerprint density at radius 1 is 1.43 bits per heavy atom. The van der Waals surface area contributed by atoms with Gasteiger partial charge in [-0.25, -0.2) is 5.84 Å². The molecular weight excluding hydrogens is 268 g/mol. The van der Waals surface area contributed by atoms with Gasteiger partial charge in [0.05, 0.1) is 7.11 Å². The fraction of sp³-hybridized carbons (Fsp3) is 0.533. The first-order chi connectivity index (χ1) is 10.2. The minimum atomic E-state index is 0.661. The van der Waals surface area contributed by atoms with E-state index in [2.05, 4.69) is 10.4 Å². The molecule has 0 radical (unpaired) electrons. The zero-order valence-electron chi connectivity index (χ0n) is 13.1. The lowest BCUT2D eigenvalue weighted by molar-refractivity contribution is 0.146. The van der Waals surface area contributed by atoms with Crippen LogP contribution in [-0.2, 0) is 11.3 Å². The Kier molecular flexibility index (Phi) is 8.23. The van der Waals surface area contributed by atoms with Gasteiger partial charge in [-0.2, -0.15) is 0 Å². The smallest absolute Gasteiger partial charge is 0.208 e. The van der Waals surface area contributed by atoms with Crippen LogP contribution in [0, 0.1) is 0 Å². The second kappa shape index (κ2) is 10.0. The molecule has 1 rings (SSSR count). The molecule has 0 fully saturated rings. The SMILES string of the molecule is CCOCCCN=C(NN)N(C)Cc1cccc(OC)c1. The predicted octanol–water partition coefficient (Wildman–Crippen LogP) is 1.37. The quantitative estimate of drug-likeness (QED) is 0.249. The lowest BCUT2D eigenvalue weighted by Gasteiger charge is -2.21. The highest BCUT2D eigenvalue weighted by molar-refractivity contribution is 5.79. The second-order valence-electron chi connectivity index (χ2n) is 4.61. The monoisotopic (exact) mass is 294 g/mol. The van der Waals surface area contributed by atoms with Gasteiger partial charge in [0.25, 0.3) is 0 Å². The largest absolute Gasteiger partial charge is 0.497 e. The van der Waals surface area contributed by atoms with E-state index >= 15 is 0 Å². The van der Waals surface area contributed by atoms with Crippen LogP contribution in [0.3, 0.4) is 0 Å². The highest BCUT2D eigenvalue weighted by Crippen LogP contribution is 2.13. The Bertz CT molecular complexity index is 437. The van der Waals surface area contributed by atoms with Gasteiger partial charge in [0.15, 0.2) is 0 Å². The van der Waals surface area contributed by atoms with Gasteiger partial charge in [-0.1, -0.05) is 12.1 Å². The van der Waals surface area contributed by atoms with Crippen molar-refractivity contribution >= 4 is 5.96 Å². The van der Waals surface area contributed by atoms with Crippen molar-refractivity contribution < 1.29 is 9.47 Å². The molecule has 1 aromatic rings. The lowest BCUT2D eigenvalue weighted by Crippen LogP contribution is -2.42. The van der Waals surface area contributed by atoms with Crippen molar-refractivity contribution in [3.8, 4) is 5.75 Å². The van der Waals surface area contributed by atoms with Crippen LogP contribution in [0.1, 0.15) is 18.9 Å². The molecule has 0 aliphatic heterocycles. The second-order valence-corrected chi connectivity index (χ2v) is 4.61. The molecular formula is C15H26N4O2. The number of ether oxygens (including phenoxy) is 2. The number of methoxy groups -OCH3 is 1. The molecule has 0 unspecified atom stereocenters. The average molecular weight is 294 g/mol. The standard InChI is InChI=1S/C15H26N4O2/c1-4-21-10-6-9-17-15(18-16)19(2)12-13-7-5-8-14(11-13)20-3/h5,7-8,11H,4,6,9-10,12,16H2,1-3H3,(H,17,18). The van der Waals surface area contributed by atoms with E-state index in [1.54, 1.807) is 7.11 Å². The third-order valence-electron chi connectivity index (χ3n) is 2.96. The number of rotatable bonds is 8. The Balaban J connectivity index is 2.53. The fourth-order valence-electron chi connectivity index (χ4n) is 1.89. The van der Waals surface area contributed by atoms with Gasteiger partial charge < -0.3 is 14.4 Å². The first-order valence-corrected chi connectivity index (χ1v) is 7.14. The number of benzene rings is 1. The van der Waals surface area contributed by atoms with Crippen LogP contribution in [0.25, 0.3) is 0 Å². The summed E-state index contributed by atoms with van der Waals surface area (Å²) in [5.41, 5.74) is 3.78. The summed E-state index contributed by atoms with van der Waals surface area (Å²) in [6.07, 6.45) is 0.881. The molecule has 0 saturated heterocycles. The van der Waals surface area contributed by atoms with E-state index < -0.39 is 0 Å². The third kappa shape index (κ3) is 6.46. The average Bonchev–Trinajstić information content (AvgIpc) is 2.51. The molecule has 0 saturated carbocycles. The Hall–Kier alpha value is -1.79. The van der Waals surface area contributed by atoms with Crippen LogP contribution in [0.2, 0.25) is 0 Å². The third-order valence-corrected chi connectivity index (χ3v) is 2.96. The summed E-state index contributed by atoms with van der Waals surface area (Å²) in [6, 6.07) is 7.94. The van der Waals surface area contributed by atoms with Crippen LogP contribution in [-0.4, -0.2) is 44.8 Å². The van der Waals surface area contributed by atoms with Gasteiger partial charge in [-0.05, 0) is 31.0 Å². The molecule has 0 atom stereocenters. The number of nitrogens with zero attached hydrogens (tertiary/aromatic N) is 2. The van der Waals surface area contributed by atoms with Gasteiger partial charge >= 0.3 is 0 Å².